The molecule has 0 N–H and O–H groups in total. The Morgan fingerprint density at radius 2 is 1.74 bits per heavy atom. The number of fused-ring (bicyclic) bond motifs is 1. The van der Waals surface area contributed by atoms with E-state index in [4.69, 9.17) is 9.47 Å². The Balaban J connectivity index is 1.41. The van der Waals surface area contributed by atoms with Gasteiger partial charge in [0.05, 0.1) is 37.2 Å². The Morgan fingerprint density at radius 3 is 2.48 bits per heavy atom. The van der Waals surface area contributed by atoms with Crippen LogP contribution >= 0.6 is 0 Å². The second-order valence-corrected chi connectivity index (χ2v) is 7.04. The zero-order valence-corrected chi connectivity index (χ0v) is 17.0. The molecule has 3 heterocycles. The van der Waals surface area contributed by atoms with E-state index < -0.39 is 0 Å². The fraction of sp³-hybridized carbons (Fsp3) is 0.125. The maximum atomic E-state index is 5.86. The molecule has 0 fully saturated rings. The smallest absolute Gasteiger partial charge is 0.119 e. The lowest BCUT2D eigenvalue weighted by molar-refractivity contribution is 0.298. The standard InChI is InChI=1S/C24H21N5O2/c1-30-20-8-4-19(5-9-20)29-15-22(24-23(29)14-26-16-27-24)18-2-6-21(7-3-18)31-13-12-28-11-10-25-17-28/h2-11,14-17H,12-13H2,1H3. The van der Waals surface area contributed by atoms with Gasteiger partial charge in [0, 0.05) is 29.8 Å². The first-order valence-electron chi connectivity index (χ1n) is 9.96. The van der Waals surface area contributed by atoms with Gasteiger partial charge < -0.3 is 18.6 Å². The molecular formula is C24H21N5O2. The Kier molecular flexibility index (Phi) is 5.06. The number of benzene rings is 2. The molecule has 0 atom stereocenters. The van der Waals surface area contributed by atoms with Gasteiger partial charge in [-0.05, 0) is 42.0 Å². The molecule has 0 unspecified atom stereocenters. The maximum absolute atomic E-state index is 5.86. The van der Waals surface area contributed by atoms with E-state index >= 15 is 0 Å². The van der Waals surface area contributed by atoms with Gasteiger partial charge >= 0.3 is 0 Å². The number of methoxy groups -OCH3 is 1. The summed E-state index contributed by atoms with van der Waals surface area (Å²) in [6.45, 7) is 1.34. The molecule has 2 aromatic carbocycles. The summed E-state index contributed by atoms with van der Waals surface area (Å²) in [4.78, 5) is 12.8. The molecular weight excluding hydrogens is 390 g/mol. The van der Waals surface area contributed by atoms with E-state index in [2.05, 4.69) is 37.8 Å². The third-order valence-corrected chi connectivity index (χ3v) is 5.16. The van der Waals surface area contributed by atoms with Gasteiger partial charge in [-0.3, -0.25) is 0 Å². The summed E-state index contributed by atoms with van der Waals surface area (Å²) in [5.41, 5.74) is 4.98. The molecule has 0 amide bonds. The average Bonchev–Trinajstić information content (AvgIpc) is 3.48. The molecule has 0 saturated carbocycles. The molecule has 3 aromatic heterocycles. The first kappa shape index (κ1) is 18.9. The topological polar surface area (TPSA) is 67.0 Å². The van der Waals surface area contributed by atoms with Gasteiger partial charge in [-0.15, -0.1) is 0 Å². The van der Waals surface area contributed by atoms with E-state index in [-0.39, 0.29) is 0 Å². The van der Waals surface area contributed by atoms with Crippen LogP contribution < -0.4 is 9.47 Å². The van der Waals surface area contributed by atoms with E-state index in [9.17, 15) is 0 Å². The van der Waals surface area contributed by atoms with Gasteiger partial charge in [0.25, 0.3) is 0 Å². The summed E-state index contributed by atoms with van der Waals surface area (Å²) in [5, 5.41) is 0. The number of ether oxygens (including phenoxy) is 2. The Morgan fingerprint density at radius 1 is 0.935 bits per heavy atom. The molecule has 0 bridgehead atoms. The van der Waals surface area contributed by atoms with Crippen molar-refractivity contribution in [1.82, 2.24) is 24.1 Å². The molecule has 0 aliphatic rings. The van der Waals surface area contributed by atoms with Crippen molar-refractivity contribution in [2.24, 2.45) is 0 Å². The minimum absolute atomic E-state index is 0.583. The predicted molar refractivity (Wildman–Crippen MR) is 119 cm³/mol. The van der Waals surface area contributed by atoms with Crippen molar-refractivity contribution in [3.05, 3.63) is 86.0 Å². The molecule has 0 spiro atoms. The second-order valence-electron chi connectivity index (χ2n) is 7.04. The number of hydrogen-bond donors (Lipinski definition) is 0. The third-order valence-electron chi connectivity index (χ3n) is 5.16. The van der Waals surface area contributed by atoms with Gasteiger partial charge in [0.1, 0.15) is 24.4 Å². The number of nitrogens with zero attached hydrogens (tertiary/aromatic N) is 5. The lowest BCUT2D eigenvalue weighted by Gasteiger charge is -2.07. The van der Waals surface area contributed by atoms with E-state index in [1.165, 1.54) is 0 Å². The molecule has 7 nitrogen and oxygen atoms in total. The van der Waals surface area contributed by atoms with E-state index in [0.717, 1.165) is 45.9 Å². The molecule has 7 heteroatoms. The summed E-state index contributed by atoms with van der Waals surface area (Å²) in [6.07, 6.45) is 11.0. The lowest BCUT2D eigenvalue weighted by atomic mass is 10.1. The summed E-state index contributed by atoms with van der Waals surface area (Å²) in [7, 11) is 1.66. The van der Waals surface area contributed by atoms with Crippen LogP contribution in [0.25, 0.3) is 27.8 Å². The highest BCUT2D eigenvalue weighted by molar-refractivity contribution is 5.93. The highest BCUT2D eigenvalue weighted by atomic mass is 16.5. The van der Waals surface area contributed by atoms with Gasteiger partial charge in [0.2, 0.25) is 0 Å². The predicted octanol–water partition coefficient (Wildman–Crippen LogP) is 4.37. The zero-order chi connectivity index (χ0) is 21.0. The monoisotopic (exact) mass is 411 g/mol. The van der Waals surface area contributed by atoms with Crippen LogP contribution in [0.3, 0.4) is 0 Å². The van der Waals surface area contributed by atoms with E-state index in [1.54, 1.807) is 26.0 Å². The van der Waals surface area contributed by atoms with Crippen molar-refractivity contribution >= 4 is 11.0 Å². The minimum Gasteiger partial charge on any atom is -0.497 e. The van der Waals surface area contributed by atoms with Crippen LogP contribution in [-0.4, -0.2) is 37.8 Å². The Bertz CT molecular complexity index is 1280. The molecule has 0 aliphatic heterocycles. The van der Waals surface area contributed by atoms with Crippen LogP contribution in [0, 0.1) is 0 Å². The van der Waals surface area contributed by atoms with Gasteiger partial charge in [-0.2, -0.15) is 0 Å². The second kappa shape index (κ2) is 8.31. The molecule has 0 saturated heterocycles. The first-order valence-corrected chi connectivity index (χ1v) is 9.96. The van der Waals surface area contributed by atoms with Crippen molar-refractivity contribution in [2.75, 3.05) is 13.7 Å². The highest BCUT2D eigenvalue weighted by Gasteiger charge is 2.13. The minimum atomic E-state index is 0.583. The van der Waals surface area contributed by atoms with Crippen LogP contribution in [0.1, 0.15) is 0 Å². The maximum Gasteiger partial charge on any atom is 0.119 e. The normalized spacial score (nSPS) is 11.0. The van der Waals surface area contributed by atoms with Crippen LogP contribution in [0.15, 0.2) is 86.0 Å². The summed E-state index contributed by atoms with van der Waals surface area (Å²) in [6, 6.07) is 16.0. The molecule has 0 aliphatic carbocycles. The van der Waals surface area contributed by atoms with Gasteiger partial charge in [-0.1, -0.05) is 12.1 Å². The van der Waals surface area contributed by atoms with Crippen molar-refractivity contribution < 1.29 is 9.47 Å². The molecule has 5 aromatic rings. The van der Waals surface area contributed by atoms with E-state index in [0.29, 0.717) is 6.61 Å². The first-order chi connectivity index (χ1) is 15.3. The number of imidazole rings is 1. The van der Waals surface area contributed by atoms with Crippen LogP contribution in [-0.2, 0) is 6.54 Å². The summed E-state index contributed by atoms with van der Waals surface area (Å²) in [5.74, 6) is 1.65. The van der Waals surface area contributed by atoms with Crippen LogP contribution in [0.4, 0.5) is 0 Å². The molecule has 0 radical (unpaired) electrons. The SMILES string of the molecule is COc1ccc(-n2cc(-c3ccc(OCCn4ccnc4)cc3)c3ncncc32)cc1. The molecule has 5 rings (SSSR count). The Hall–Kier alpha value is -4.13. The highest BCUT2D eigenvalue weighted by Crippen LogP contribution is 2.32. The largest absolute Gasteiger partial charge is 0.497 e. The van der Waals surface area contributed by atoms with Crippen molar-refractivity contribution in [3.8, 4) is 28.3 Å². The zero-order valence-electron chi connectivity index (χ0n) is 17.0. The number of hydrogen-bond acceptors (Lipinski definition) is 5. The fourth-order valence-corrected chi connectivity index (χ4v) is 3.55. The van der Waals surface area contributed by atoms with E-state index in [1.807, 2.05) is 53.4 Å². The van der Waals surface area contributed by atoms with Crippen LogP contribution in [0.2, 0.25) is 0 Å². The van der Waals surface area contributed by atoms with Crippen molar-refractivity contribution in [2.45, 2.75) is 6.54 Å². The molecule has 154 valence electrons. The summed E-state index contributed by atoms with van der Waals surface area (Å²) < 4.78 is 15.2. The van der Waals surface area contributed by atoms with Gasteiger partial charge in [-0.25, -0.2) is 15.0 Å². The van der Waals surface area contributed by atoms with Crippen molar-refractivity contribution in [3.63, 3.8) is 0 Å². The quantitative estimate of drug-likeness (QED) is 0.398. The third kappa shape index (κ3) is 3.85. The van der Waals surface area contributed by atoms with Gasteiger partial charge in [0.15, 0.2) is 0 Å². The number of rotatable bonds is 7. The Labute approximate surface area is 179 Å². The van der Waals surface area contributed by atoms with Crippen molar-refractivity contribution in [1.29, 1.82) is 0 Å². The molecule has 31 heavy (non-hydrogen) atoms. The fourth-order valence-electron chi connectivity index (χ4n) is 3.55. The number of aromatic nitrogens is 5. The lowest BCUT2D eigenvalue weighted by Crippen LogP contribution is -2.06. The van der Waals surface area contributed by atoms with Crippen LogP contribution in [0.5, 0.6) is 11.5 Å². The summed E-state index contributed by atoms with van der Waals surface area (Å²) >= 11 is 0. The average molecular weight is 411 g/mol.